The molecule has 0 bridgehead atoms. The highest BCUT2D eigenvalue weighted by Gasteiger charge is 2.14. The van der Waals surface area contributed by atoms with E-state index in [1.54, 1.807) is 0 Å². The number of hydrogen-bond acceptors (Lipinski definition) is 2. The molecule has 19 heavy (non-hydrogen) atoms. The highest BCUT2D eigenvalue weighted by Crippen LogP contribution is 2.27. The second-order valence-corrected chi connectivity index (χ2v) is 5.25. The van der Waals surface area contributed by atoms with Crippen LogP contribution in [-0.4, -0.2) is 6.54 Å². The Morgan fingerprint density at radius 1 is 1.00 bits per heavy atom. The molecule has 1 heterocycles. The molecule has 0 amide bonds. The number of nitrogens with two attached hydrogens (primary N) is 1. The van der Waals surface area contributed by atoms with Gasteiger partial charge < -0.3 is 10.6 Å². The summed E-state index contributed by atoms with van der Waals surface area (Å²) in [7, 11) is 0. The Kier molecular flexibility index (Phi) is 3.41. The number of aryl methyl sites for hydroxylation is 1. The van der Waals surface area contributed by atoms with Crippen molar-refractivity contribution >= 4 is 11.4 Å². The normalized spacial score (nSPS) is 14.8. The largest absolute Gasteiger partial charge is 0.399 e. The molecule has 1 aliphatic rings. The van der Waals surface area contributed by atoms with Crippen molar-refractivity contribution < 1.29 is 0 Å². The number of rotatable bonds is 2. The van der Waals surface area contributed by atoms with E-state index in [4.69, 9.17) is 5.73 Å². The van der Waals surface area contributed by atoms with Crippen LogP contribution >= 0.6 is 0 Å². The van der Waals surface area contributed by atoms with Crippen molar-refractivity contribution in [1.82, 2.24) is 0 Å². The van der Waals surface area contributed by atoms with Crippen molar-refractivity contribution in [2.45, 2.75) is 25.8 Å². The molecule has 3 rings (SSSR count). The third-order valence-electron chi connectivity index (χ3n) is 3.78. The first kappa shape index (κ1) is 12.1. The molecule has 0 fully saturated rings. The van der Waals surface area contributed by atoms with Gasteiger partial charge in [0.25, 0.3) is 0 Å². The van der Waals surface area contributed by atoms with Crippen LogP contribution in [-0.2, 0) is 13.0 Å². The zero-order valence-electron chi connectivity index (χ0n) is 11.2. The Morgan fingerprint density at radius 3 is 2.79 bits per heavy atom. The standard InChI is InChI=1S/C17H20N2/c18-16-9-5-6-14(12-16)13-19-11-4-3-8-15-7-1-2-10-17(15)19/h1-2,5-7,9-10,12H,3-4,8,11,13,18H2. The summed E-state index contributed by atoms with van der Waals surface area (Å²) in [4.78, 5) is 2.48. The monoisotopic (exact) mass is 252 g/mol. The maximum absolute atomic E-state index is 5.87. The molecule has 0 radical (unpaired) electrons. The van der Waals surface area contributed by atoms with Gasteiger partial charge in [-0.25, -0.2) is 0 Å². The topological polar surface area (TPSA) is 29.3 Å². The molecule has 2 nitrogen and oxygen atoms in total. The van der Waals surface area contributed by atoms with Gasteiger partial charge >= 0.3 is 0 Å². The second kappa shape index (κ2) is 5.35. The summed E-state index contributed by atoms with van der Waals surface area (Å²) in [6.45, 7) is 2.08. The molecule has 2 N–H and O–H groups in total. The fraction of sp³-hybridized carbons (Fsp3) is 0.294. The van der Waals surface area contributed by atoms with Gasteiger partial charge in [0.05, 0.1) is 0 Å². The Hall–Kier alpha value is -1.96. The van der Waals surface area contributed by atoms with Crippen molar-refractivity contribution in [3.05, 3.63) is 59.7 Å². The van der Waals surface area contributed by atoms with Crippen LogP contribution in [0.25, 0.3) is 0 Å². The lowest BCUT2D eigenvalue weighted by atomic mass is 10.1. The van der Waals surface area contributed by atoms with E-state index in [9.17, 15) is 0 Å². The van der Waals surface area contributed by atoms with Gasteiger partial charge in [-0.3, -0.25) is 0 Å². The molecule has 0 aliphatic carbocycles. The maximum atomic E-state index is 5.87. The molecule has 98 valence electrons. The Bertz CT molecular complexity index is 563. The average molecular weight is 252 g/mol. The van der Waals surface area contributed by atoms with Crippen molar-refractivity contribution in [3.63, 3.8) is 0 Å². The number of nitrogens with zero attached hydrogens (tertiary/aromatic N) is 1. The van der Waals surface area contributed by atoms with Gasteiger partial charge in [-0.15, -0.1) is 0 Å². The van der Waals surface area contributed by atoms with Crippen LogP contribution < -0.4 is 10.6 Å². The quantitative estimate of drug-likeness (QED) is 0.827. The van der Waals surface area contributed by atoms with Crippen LogP contribution in [0.15, 0.2) is 48.5 Å². The van der Waals surface area contributed by atoms with Crippen LogP contribution in [0, 0.1) is 0 Å². The Labute approximate surface area is 114 Å². The number of fused-ring (bicyclic) bond motifs is 1. The lowest BCUT2D eigenvalue weighted by Gasteiger charge is -2.25. The molecule has 0 saturated heterocycles. The fourth-order valence-corrected chi connectivity index (χ4v) is 2.85. The molecule has 2 aromatic rings. The van der Waals surface area contributed by atoms with Crippen molar-refractivity contribution in [2.24, 2.45) is 0 Å². The van der Waals surface area contributed by atoms with E-state index < -0.39 is 0 Å². The van der Waals surface area contributed by atoms with Crippen LogP contribution in [0.3, 0.4) is 0 Å². The number of benzene rings is 2. The predicted octanol–water partition coefficient (Wildman–Crippen LogP) is 3.61. The zero-order valence-corrected chi connectivity index (χ0v) is 11.2. The van der Waals surface area contributed by atoms with E-state index in [0.29, 0.717) is 0 Å². The van der Waals surface area contributed by atoms with Gasteiger partial charge in [0.2, 0.25) is 0 Å². The molecule has 0 atom stereocenters. The van der Waals surface area contributed by atoms with Crippen LogP contribution in [0.1, 0.15) is 24.0 Å². The number of hydrogen-bond donors (Lipinski definition) is 1. The summed E-state index contributed by atoms with van der Waals surface area (Å²) in [5.74, 6) is 0. The smallest absolute Gasteiger partial charge is 0.0430 e. The molecule has 2 aromatic carbocycles. The summed E-state index contributed by atoms with van der Waals surface area (Å²) in [5, 5.41) is 0. The summed E-state index contributed by atoms with van der Waals surface area (Å²) in [6.07, 6.45) is 3.74. The third-order valence-corrected chi connectivity index (χ3v) is 3.78. The van der Waals surface area contributed by atoms with Gasteiger partial charge in [0, 0.05) is 24.5 Å². The maximum Gasteiger partial charge on any atom is 0.0430 e. The first-order valence-electron chi connectivity index (χ1n) is 7.00. The number of para-hydroxylation sites is 1. The lowest BCUT2D eigenvalue weighted by Crippen LogP contribution is -2.23. The van der Waals surface area contributed by atoms with E-state index in [1.807, 2.05) is 12.1 Å². The van der Waals surface area contributed by atoms with E-state index in [1.165, 1.54) is 36.1 Å². The van der Waals surface area contributed by atoms with Crippen molar-refractivity contribution in [1.29, 1.82) is 0 Å². The Balaban J connectivity index is 1.88. The minimum Gasteiger partial charge on any atom is -0.399 e. The summed E-state index contributed by atoms with van der Waals surface area (Å²) >= 11 is 0. The second-order valence-electron chi connectivity index (χ2n) is 5.25. The molecule has 0 aromatic heterocycles. The summed E-state index contributed by atoms with van der Waals surface area (Å²) in [5.41, 5.74) is 10.9. The van der Waals surface area contributed by atoms with Gasteiger partial charge in [0.1, 0.15) is 0 Å². The number of anilines is 2. The van der Waals surface area contributed by atoms with Gasteiger partial charge in [-0.1, -0.05) is 30.3 Å². The number of nitrogen functional groups attached to an aromatic ring is 1. The highest BCUT2D eigenvalue weighted by molar-refractivity contribution is 5.55. The van der Waals surface area contributed by atoms with E-state index in [-0.39, 0.29) is 0 Å². The fourth-order valence-electron chi connectivity index (χ4n) is 2.85. The Morgan fingerprint density at radius 2 is 1.89 bits per heavy atom. The van der Waals surface area contributed by atoms with Gasteiger partial charge in [0.15, 0.2) is 0 Å². The van der Waals surface area contributed by atoms with Crippen LogP contribution in [0.5, 0.6) is 0 Å². The first-order chi connectivity index (χ1) is 9.33. The highest BCUT2D eigenvalue weighted by atomic mass is 15.1. The average Bonchev–Trinajstić information content (AvgIpc) is 2.62. The minimum absolute atomic E-state index is 0.848. The predicted molar refractivity (Wildman–Crippen MR) is 81.3 cm³/mol. The van der Waals surface area contributed by atoms with Crippen LogP contribution in [0.2, 0.25) is 0 Å². The molecule has 2 heteroatoms. The molecule has 0 spiro atoms. The van der Waals surface area contributed by atoms with E-state index >= 15 is 0 Å². The van der Waals surface area contributed by atoms with E-state index in [2.05, 4.69) is 41.3 Å². The van der Waals surface area contributed by atoms with Crippen molar-refractivity contribution in [2.75, 3.05) is 17.2 Å². The van der Waals surface area contributed by atoms with Crippen molar-refractivity contribution in [3.8, 4) is 0 Å². The molecule has 0 saturated carbocycles. The molecule has 1 aliphatic heterocycles. The summed E-state index contributed by atoms with van der Waals surface area (Å²) in [6, 6.07) is 17.0. The van der Waals surface area contributed by atoms with Crippen LogP contribution in [0.4, 0.5) is 11.4 Å². The third kappa shape index (κ3) is 2.73. The molecular weight excluding hydrogens is 232 g/mol. The van der Waals surface area contributed by atoms with Gasteiger partial charge in [-0.2, -0.15) is 0 Å². The lowest BCUT2D eigenvalue weighted by molar-refractivity contribution is 0.714. The first-order valence-corrected chi connectivity index (χ1v) is 7.00. The SMILES string of the molecule is Nc1cccc(CN2CCCCc3ccccc32)c1. The molecular formula is C17H20N2. The summed E-state index contributed by atoms with van der Waals surface area (Å²) < 4.78 is 0. The zero-order chi connectivity index (χ0) is 13.1. The van der Waals surface area contributed by atoms with E-state index in [0.717, 1.165) is 18.8 Å². The molecule has 0 unspecified atom stereocenters. The minimum atomic E-state index is 0.848. The van der Waals surface area contributed by atoms with Gasteiger partial charge in [-0.05, 0) is 48.6 Å².